The lowest BCUT2D eigenvalue weighted by atomic mass is 9.87. The van der Waals surface area contributed by atoms with Gasteiger partial charge in [0.2, 0.25) is 5.88 Å². The van der Waals surface area contributed by atoms with Gasteiger partial charge in [0, 0.05) is 11.5 Å². The standard InChI is InChI=1S/C18H20N2O/c1-5-14-9-10-16(20-17(14)18(2,3)4)21-15-8-6-7-13(11-15)12-19/h6-11H,5H2,1-4H3. The van der Waals surface area contributed by atoms with Crippen molar-refractivity contribution in [1.82, 2.24) is 4.98 Å². The van der Waals surface area contributed by atoms with E-state index in [1.807, 2.05) is 12.1 Å². The fraction of sp³-hybridized carbons (Fsp3) is 0.333. The summed E-state index contributed by atoms with van der Waals surface area (Å²) in [6, 6.07) is 13.2. The number of benzene rings is 1. The van der Waals surface area contributed by atoms with Gasteiger partial charge >= 0.3 is 0 Å². The zero-order valence-electron chi connectivity index (χ0n) is 13.0. The molecule has 0 bridgehead atoms. The Morgan fingerprint density at radius 2 is 1.95 bits per heavy atom. The first-order chi connectivity index (χ1) is 9.94. The third-order valence-corrected chi connectivity index (χ3v) is 3.23. The number of ether oxygens (including phenoxy) is 1. The van der Waals surface area contributed by atoms with E-state index in [1.54, 1.807) is 18.2 Å². The van der Waals surface area contributed by atoms with Gasteiger partial charge in [0.05, 0.1) is 17.3 Å². The third-order valence-electron chi connectivity index (χ3n) is 3.23. The molecule has 21 heavy (non-hydrogen) atoms. The summed E-state index contributed by atoms with van der Waals surface area (Å²) in [5.41, 5.74) is 2.84. The SMILES string of the molecule is CCc1ccc(Oc2cccc(C#N)c2)nc1C(C)(C)C. The van der Waals surface area contributed by atoms with Crippen molar-refractivity contribution in [2.24, 2.45) is 0 Å². The Balaban J connectivity index is 2.35. The molecular weight excluding hydrogens is 260 g/mol. The second-order valence-electron chi connectivity index (χ2n) is 6.00. The minimum atomic E-state index is -0.0286. The molecule has 2 rings (SSSR count). The van der Waals surface area contributed by atoms with Crippen LogP contribution in [0, 0.1) is 11.3 Å². The van der Waals surface area contributed by atoms with Crippen molar-refractivity contribution < 1.29 is 4.74 Å². The predicted octanol–water partition coefficient (Wildman–Crippen LogP) is 4.61. The summed E-state index contributed by atoms with van der Waals surface area (Å²) in [6.45, 7) is 8.57. The lowest BCUT2D eigenvalue weighted by Crippen LogP contribution is -2.16. The van der Waals surface area contributed by atoms with E-state index in [2.05, 4.69) is 44.8 Å². The van der Waals surface area contributed by atoms with E-state index in [4.69, 9.17) is 10.00 Å². The molecule has 0 atom stereocenters. The van der Waals surface area contributed by atoms with Gasteiger partial charge in [-0.1, -0.05) is 39.8 Å². The van der Waals surface area contributed by atoms with Crippen LogP contribution in [0.1, 0.15) is 44.5 Å². The van der Waals surface area contributed by atoms with Crippen LogP contribution < -0.4 is 4.74 Å². The van der Waals surface area contributed by atoms with E-state index < -0.39 is 0 Å². The number of aryl methyl sites for hydroxylation is 1. The Labute approximate surface area is 126 Å². The van der Waals surface area contributed by atoms with Crippen molar-refractivity contribution >= 4 is 0 Å². The Morgan fingerprint density at radius 3 is 2.57 bits per heavy atom. The molecule has 3 nitrogen and oxygen atoms in total. The van der Waals surface area contributed by atoms with Gasteiger partial charge < -0.3 is 4.74 Å². The molecule has 0 N–H and O–H groups in total. The van der Waals surface area contributed by atoms with Gasteiger partial charge in [0.15, 0.2) is 0 Å². The summed E-state index contributed by atoms with van der Waals surface area (Å²) < 4.78 is 5.79. The maximum Gasteiger partial charge on any atom is 0.219 e. The van der Waals surface area contributed by atoms with Crippen molar-refractivity contribution in [2.75, 3.05) is 0 Å². The topological polar surface area (TPSA) is 45.9 Å². The Bertz CT molecular complexity index is 678. The molecule has 2 aromatic rings. The van der Waals surface area contributed by atoms with E-state index in [9.17, 15) is 0 Å². The van der Waals surface area contributed by atoms with Gasteiger partial charge in [0.1, 0.15) is 5.75 Å². The quantitative estimate of drug-likeness (QED) is 0.825. The van der Waals surface area contributed by atoms with Gasteiger partial charge in [0.25, 0.3) is 0 Å². The molecule has 1 aromatic heterocycles. The maximum absolute atomic E-state index is 8.93. The van der Waals surface area contributed by atoms with Gasteiger partial charge in [-0.2, -0.15) is 5.26 Å². The number of aromatic nitrogens is 1. The van der Waals surface area contributed by atoms with Crippen LogP contribution in [0.4, 0.5) is 0 Å². The van der Waals surface area contributed by atoms with Crippen LogP contribution >= 0.6 is 0 Å². The van der Waals surface area contributed by atoms with Crippen LogP contribution in [0.25, 0.3) is 0 Å². The number of pyridine rings is 1. The lowest BCUT2D eigenvalue weighted by molar-refractivity contribution is 0.450. The zero-order chi connectivity index (χ0) is 15.5. The molecule has 3 heteroatoms. The molecule has 0 aliphatic carbocycles. The molecule has 0 aliphatic heterocycles. The predicted molar refractivity (Wildman–Crippen MR) is 83.5 cm³/mol. The fourth-order valence-corrected chi connectivity index (χ4v) is 2.21. The molecule has 108 valence electrons. The summed E-state index contributed by atoms with van der Waals surface area (Å²) in [5.74, 6) is 1.19. The second kappa shape index (κ2) is 5.97. The Kier molecular flexibility index (Phi) is 4.28. The average molecular weight is 280 g/mol. The minimum absolute atomic E-state index is 0.0286. The zero-order valence-corrected chi connectivity index (χ0v) is 13.0. The van der Waals surface area contributed by atoms with Crippen molar-refractivity contribution in [3.8, 4) is 17.7 Å². The molecule has 0 radical (unpaired) electrons. The Hall–Kier alpha value is -2.34. The van der Waals surface area contributed by atoms with E-state index in [-0.39, 0.29) is 5.41 Å². The van der Waals surface area contributed by atoms with Crippen molar-refractivity contribution in [1.29, 1.82) is 5.26 Å². The number of hydrogen-bond donors (Lipinski definition) is 0. The van der Waals surface area contributed by atoms with Crippen LogP contribution in [0.5, 0.6) is 11.6 Å². The molecule has 1 aromatic carbocycles. The molecule has 0 unspecified atom stereocenters. The number of nitrogens with zero attached hydrogens (tertiary/aromatic N) is 2. The van der Waals surface area contributed by atoms with Crippen molar-refractivity contribution in [3.05, 3.63) is 53.2 Å². The van der Waals surface area contributed by atoms with Crippen molar-refractivity contribution in [3.63, 3.8) is 0 Å². The highest BCUT2D eigenvalue weighted by atomic mass is 16.5. The van der Waals surface area contributed by atoms with Crippen LogP contribution in [0.3, 0.4) is 0 Å². The highest BCUT2D eigenvalue weighted by molar-refractivity contribution is 5.39. The normalized spacial score (nSPS) is 11.0. The first-order valence-electron chi connectivity index (χ1n) is 7.12. The summed E-state index contributed by atoms with van der Waals surface area (Å²) in [4.78, 5) is 4.66. The fourth-order valence-electron chi connectivity index (χ4n) is 2.21. The molecule has 0 spiro atoms. The summed E-state index contributed by atoms with van der Waals surface area (Å²) in [5, 5.41) is 8.93. The number of hydrogen-bond acceptors (Lipinski definition) is 3. The molecule has 0 fully saturated rings. The van der Waals surface area contributed by atoms with Gasteiger partial charge in [-0.3, -0.25) is 0 Å². The molecular formula is C18H20N2O. The smallest absolute Gasteiger partial charge is 0.219 e. The number of nitriles is 1. The first-order valence-corrected chi connectivity index (χ1v) is 7.12. The van der Waals surface area contributed by atoms with Crippen LogP contribution in [0.15, 0.2) is 36.4 Å². The van der Waals surface area contributed by atoms with Gasteiger partial charge in [-0.25, -0.2) is 4.98 Å². The summed E-state index contributed by atoms with van der Waals surface area (Å²) >= 11 is 0. The molecule has 1 heterocycles. The van der Waals surface area contributed by atoms with E-state index in [1.165, 1.54) is 5.56 Å². The first kappa shape index (κ1) is 15.1. The highest BCUT2D eigenvalue weighted by Gasteiger charge is 2.20. The van der Waals surface area contributed by atoms with E-state index in [0.717, 1.165) is 12.1 Å². The lowest BCUT2D eigenvalue weighted by Gasteiger charge is -2.22. The summed E-state index contributed by atoms with van der Waals surface area (Å²) in [6.07, 6.45) is 0.948. The van der Waals surface area contributed by atoms with Crippen molar-refractivity contribution in [2.45, 2.75) is 39.5 Å². The average Bonchev–Trinajstić information content (AvgIpc) is 2.46. The third kappa shape index (κ3) is 3.61. The van der Waals surface area contributed by atoms with Crippen LogP contribution in [-0.4, -0.2) is 4.98 Å². The highest BCUT2D eigenvalue weighted by Crippen LogP contribution is 2.28. The molecule has 0 saturated heterocycles. The second-order valence-corrected chi connectivity index (χ2v) is 6.00. The molecule has 0 saturated carbocycles. The Morgan fingerprint density at radius 1 is 1.19 bits per heavy atom. The minimum Gasteiger partial charge on any atom is -0.439 e. The van der Waals surface area contributed by atoms with E-state index in [0.29, 0.717) is 17.2 Å². The summed E-state index contributed by atoms with van der Waals surface area (Å²) in [7, 11) is 0. The van der Waals surface area contributed by atoms with Crippen LogP contribution in [-0.2, 0) is 11.8 Å². The molecule has 0 aliphatic rings. The monoisotopic (exact) mass is 280 g/mol. The molecule has 0 amide bonds. The number of rotatable bonds is 3. The largest absolute Gasteiger partial charge is 0.439 e. The van der Waals surface area contributed by atoms with Gasteiger partial charge in [-0.05, 0) is 30.2 Å². The van der Waals surface area contributed by atoms with E-state index >= 15 is 0 Å². The van der Waals surface area contributed by atoms with Gasteiger partial charge in [-0.15, -0.1) is 0 Å². The van der Waals surface area contributed by atoms with Crippen LogP contribution in [0.2, 0.25) is 0 Å². The maximum atomic E-state index is 8.93.